The summed E-state index contributed by atoms with van der Waals surface area (Å²) in [6, 6.07) is 57.3. The van der Waals surface area contributed by atoms with Crippen LogP contribution in [0, 0.1) is 0 Å². The molecule has 0 saturated carbocycles. The zero-order valence-electron chi connectivity index (χ0n) is 30.3. The molecule has 9 aromatic rings. The summed E-state index contributed by atoms with van der Waals surface area (Å²) < 4.78 is 18.1. The lowest BCUT2D eigenvalue weighted by molar-refractivity contribution is 0.00578. The van der Waals surface area contributed by atoms with Gasteiger partial charge in [-0.3, -0.25) is 0 Å². The smallest absolute Gasteiger partial charge is 0.399 e. The zero-order valence-corrected chi connectivity index (χ0v) is 31.1. The summed E-state index contributed by atoms with van der Waals surface area (Å²) in [7, 11) is -0.442. The third kappa shape index (κ3) is 5.18. The highest BCUT2D eigenvalue weighted by atomic mass is 32.1. The van der Waals surface area contributed by atoms with Gasteiger partial charge in [0.1, 0.15) is 0 Å². The first kappa shape index (κ1) is 32.2. The van der Waals surface area contributed by atoms with Crippen molar-refractivity contribution >= 4 is 65.9 Å². The van der Waals surface area contributed by atoms with Gasteiger partial charge in [-0.15, -0.1) is 11.3 Å². The van der Waals surface area contributed by atoms with Crippen LogP contribution < -0.4 is 5.46 Å². The Morgan fingerprint density at radius 3 is 1.58 bits per heavy atom. The molecule has 7 aromatic carbocycles. The fourth-order valence-corrected chi connectivity index (χ4v) is 9.31. The van der Waals surface area contributed by atoms with Crippen LogP contribution >= 0.6 is 11.3 Å². The van der Waals surface area contributed by atoms with Crippen LogP contribution in [0.1, 0.15) is 27.7 Å². The van der Waals surface area contributed by atoms with E-state index in [-0.39, 0.29) is 0 Å². The highest BCUT2D eigenvalue weighted by Crippen LogP contribution is 2.45. The molecule has 1 saturated heterocycles. The van der Waals surface area contributed by atoms with Gasteiger partial charge in [0.05, 0.1) is 22.2 Å². The number of aromatic nitrogens is 1. The van der Waals surface area contributed by atoms with E-state index in [1.807, 2.05) is 11.3 Å². The fourth-order valence-electron chi connectivity index (χ4n) is 7.94. The van der Waals surface area contributed by atoms with Crippen LogP contribution in [-0.4, -0.2) is 22.9 Å². The van der Waals surface area contributed by atoms with E-state index >= 15 is 0 Å². The van der Waals surface area contributed by atoms with Crippen molar-refractivity contribution in [2.75, 3.05) is 0 Å². The summed E-state index contributed by atoms with van der Waals surface area (Å²) in [5.41, 5.74) is 11.0. The number of hydrogen-bond donors (Lipinski definition) is 0. The molecular weight excluding hydrogens is 665 g/mol. The quantitative estimate of drug-likeness (QED) is 0.167. The maximum atomic E-state index is 6.54. The Morgan fingerprint density at radius 2 is 0.962 bits per heavy atom. The van der Waals surface area contributed by atoms with Crippen molar-refractivity contribution < 1.29 is 9.31 Å². The second-order valence-corrected chi connectivity index (χ2v) is 16.2. The third-order valence-corrected chi connectivity index (χ3v) is 12.8. The largest absolute Gasteiger partial charge is 0.494 e. The van der Waals surface area contributed by atoms with Crippen molar-refractivity contribution in [2.45, 2.75) is 38.9 Å². The first-order valence-electron chi connectivity index (χ1n) is 18.4. The van der Waals surface area contributed by atoms with Crippen molar-refractivity contribution in [3.8, 4) is 39.1 Å². The molecule has 53 heavy (non-hydrogen) atoms. The van der Waals surface area contributed by atoms with Gasteiger partial charge in [0, 0.05) is 36.6 Å². The van der Waals surface area contributed by atoms with Gasteiger partial charge in [0.2, 0.25) is 0 Å². The molecule has 0 amide bonds. The summed E-state index contributed by atoms with van der Waals surface area (Å²) >= 11 is 1.90. The Bertz CT molecular complexity index is 2820. The van der Waals surface area contributed by atoms with Crippen molar-refractivity contribution in [2.24, 2.45) is 0 Å². The van der Waals surface area contributed by atoms with Crippen LogP contribution in [0.25, 0.3) is 81.0 Å². The molecule has 5 heteroatoms. The number of thiophene rings is 1. The highest BCUT2D eigenvalue weighted by Gasteiger charge is 2.51. The number of benzene rings is 7. The standard InChI is InChI=1S/C48H38BNO2S/c1-47(2)48(3,4)52-49(51-47)35-24-28-44-42(30-35)41-29-34(23-27-43(41)50(44)36-25-21-32(22-26-36)31-13-7-5-8-14-31)38-18-12-20-40-39-19-11-17-37(45(39)53-46(38)40)33-15-9-6-10-16-33/h5-30H,1-4H3. The summed E-state index contributed by atoms with van der Waals surface area (Å²) in [6.07, 6.45) is 0. The Hall–Kier alpha value is -5.46. The Kier molecular flexibility index (Phi) is 7.32. The monoisotopic (exact) mass is 703 g/mol. The van der Waals surface area contributed by atoms with E-state index < -0.39 is 18.3 Å². The van der Waals surface area contributed by atoms with Gasteiger partial charge in [0.25, 0.3) is 0 Å². The SMILES string of the molecule is CC1(C)OB(c2ccc3c(c2)c2cc(-c4cccc5c4sc4c(-c6ccccc6)cccc45)ccc2n3-c2ccc(-c3ccccc3)cc2)OC1(C)C. The Morgan fingerprint density at radius 1 is 0.453 bits per heavy atom. The molecule has 256 valence electrons. The number of rotatable bonds is 5. The molecule has 2 aromatic heterocycles. The molecule has 1 aliphatic heterocycles. The van der Waals surface area contributed by atoms with Gasteiger partial charge in [0.15, 0.2) is 0 Å². The molecule has 0 radical (unpaired) electrons. The molecular formula is C48H38BNO2S. The first-order valence-corrected chi connectivity index (χ1v) is 19.2. The van der Waals surface area contributed by atoms with Crippen molar-refractivity contribution in [1.82, 2.24) is 4.57 Å². The fraction of sp³-hybridized carbons (Fsp3) is 0.125. The van der Waals surface area contributed by atoms with E-state index in [1.54, 1.807) is 0 Å². The lowest BCUT2D eigenvalue weighted by atomic mass is 9.78. The lowest BCUT2D eigenvalue weighted by Gasteiger charge is -2.32. The van der Waals surface area contributed by atoms with E-state index in [9.17, 15) is 0 Å². The molecule has 1 aliphatic rings. The minimum Gasteiger partial charge on any atom is -0.399 e. The van der Waals surface area contributed by atoms with Crippen LogP contribution in [0.2, 0.25) is 0 Å². The molecule has 0 bridgehead atoms. The third-order valence-electron chi connectivity index (χ3n) is 11.5. The van der Waals surface area contributed by atoms with Crippen molar-refractivity contribution in [3.05, 3.63) is 158 Å². The van der Waals surface area contributed by atoms with Crippen molar-refractivity contribution in [1.29, 1.82) is 0 Å². The van der Waals surface area contributed by atoms with Gasteiger partial charge in [-0.1, -0.05) is 127 Å². The Balaban J connectivity index is 1.16. The van der Waals surface area contributed by atoms with Gasteiger partial charge in [-0.05, 0) is 96.9 Å². The first-order chi connectivity index (χ1) is 25.8. The van der Waals surface area contributed by atoms with E-state index in [4.69, 9.17) is 9.31 Å². The molecule has 0 aliphatic carbocycles. The minimum atomic E-state index is -0.442. The summed E-state index contributed by atoms with van der Waals surface area (Å²) in [5.74, 6) is 0. The normalized spacial score (nSPS) is 15.3. The molecule has 0 atom stereocenters. The average molecular weight is 704 g/mol. The van der Waals surface area contributed by atoms with Crippen LogP contribution in [0.3, 0.4) is 0 Å². The van der Waals surface area contributed by atoms with Crippen molar-refractivity contribution in [3.63, 3.8) is 0 Å². The number of fused-ring (bicyclic) bond motifs is 6. The average Bonchev–Trinajstić information content (AvgIpc) is 3.80. The molecule has 3 nitrogen and oxygen atoms in total. The van der Waals surface area contributed by atoms with Crippen LogP contribution in [0.5, 0.6) is 0 Å². The molecule has 1 fully saturated rings. The predicted octanol–water partition coefficient (Wildman–Crippen LogP) is 12.5. The number of hydrogen-bond acceptors (Lipinski definition) is 3. The van der Waals surface area contributed by atoms with Gasteiger partial charge in [-0.2, -0.15) is 0 Å². The highest BCUT2D eigenvalue weighted by molar-refractivity contribution is 7.26. The molecule has 0 N–H and O–H groups in total. The molecule has 0 spiro atoms. The molecule has 10 rings (SSSR count). The minimum absolute atomic E-state index is 0.419. The summed E-state index contributed by atoms with van der Waals surface area (Å²) in [4.78, 5) is 0. The van der Waals surface area contributed by atoms with E-state index in [0.29, 0.717) is 0 Å². The van der Waals surface area contributed by atoms with Gasteiger partial charge in [-0.25, -0.2) is 0 Å². The summed E-state index contributed by atoms with van der Waals surface area (Å²) in [6.45, 7) is 8.45. The molecule has 0 unspecified atom stereocenters. The topological polar surface area (TPSA) is 23.4 Å². The second kappa shape index (κ2) is 12.0. The van der Waals surface area contributed by atoms with E-state index in [2.05, 4.69) is 190 Å². The number of nitrogens with zero attached hydrogens (tertiary/aromatic N) is 1. The van der Waals surface area contributed by atoms with E-state index in [1.165, 1.54) is 64.3 Å². The van der Waals surface area contributed by atoms with Crippen LogP contribution in [-0.2, 0) is 9.31 Å². The maximum Gasteiger partial charge on any atom is 0.494 e. The van der Waals surface area contributed by atoms with Crippen LogP contribution in [0.4, 0.5) is 0 Å². The Labute approximate surface area is 314 Å². The van der Waals surface area contributed by atoms with Gasteiger partial charge < -0.3 is 13.9 Å². The summed E-state index contributed by atoms with van der Waals surface area (Å²) in [5, 5.41) is 4.98. The zero-order chi connectivity index (χ0) is 35.9. The lowest BCUT2D eigenvalue weighted by Crippen LogP contribution is -2.41. The van der Waals surface area contributed by atoms with Gasteiger partial charge >= 0.3 is 7.12 Å². The molecule has 3 heterocycles. The predicted molar refractivity (Wildman–Crippen MR) is 226 cm³/mol. The van der Waals surface area contributed by atoms with E-state index in [0.717, 1.165) is 22.2 Å². The van der Waals surface area contributed by atoms with Crippen LogP contribution in [0.15, 0.2) is 158 Å². The second-order valence-electron chi connectivity index (χ2n) is 15.2. The maximum absolute atomic E-state index is 6.54.